The number of sulfone groups is 1. The van der Waals surface area contributed by atoms with Crippen molar-refractivity contribution in [3.05, 3.63) is 59.7 Å². The molecule has 29 heavy (non-hydrogen) atoms. The zero-order valence-corrected chi connectivity index (χ0v) is 17.6. The average molecular weight is 419 g/mol. The van der Waals surface area contributed by atoms with E-state index < -0.39 is 33.3 Å². The highest BCUT2D eigenvalue weighted by Crippen LogP contribution is 2.40. The maximum absolute atomic E-state index is 13.8. The third-order valence-electron chi connectivity index (χ3n) is 5.19. The van der Waals surface area contributed by atoms with Crippen molar-refractivity contribution in [3.63, 3.8) is 0 Å². The molecule has 0 N–H and O–H groups in total. The highest BCUT2D eigenvalue weighted by atomic mass is 32.2. The van der Waals surface area contributed by atoms with E-state index in [-0.39, 0.29) is 4.90 Å². The van der Waals surface area contributed by atoms with Gasteiger partial charge >= 0.3 is 5.97 Å². The van der Waals surface area contributed by atoms with Gasteiger partial charge in [-0.1, -0.05) is 30.3 Å². The number of hydrogen-bond acceptors (Lipinski definition) is 6. The third kappa shape index (κ3) is 4.46. The van der Waals surface area contributed by atoms with Gasteiger partial charge in [-0.05, 0) is 49.1 Å². The number of carbonyl (C=O) groups excluding carboxylic acids is 1. The second kappa shape index (κ2) is 8.97. The van der Waals surface area contributed by atoms with Crippen LogP contribution in [-0.2, 0) is 24.1 Å². The fourth-order valence-corrected chi connectivity index (χ4v) is 5.83. The van der Waals surface area contributed by atoms with E-state index in [1.165, 1.54) is 14.0 Å². The summed E-state index contributed by atoms with van der Waals surface area (Å²) >= 11 is 0. The molecule has 1 aliphatic heterocycles. The van der Waals surface area contributed by atoms with Gasteiger partial charge in [0.05, 0.1) is 18.1 Å². The number of esters is 1. The van der Waals surface area contributed by atoms with Gasteiger partial charge in [0, 0.05) is 13.5 Å². The highest BCUT2D eigenvalue weighted by Gasteiger charge is 2.44. The molecule has 6 nitrogen and oxygen atoms in total. The van der Waals surface area contributed by atoms with Gasteiger partial charge in [0.2, 0.25) is 0 Å². The standard InChI is InChI=1S/C22H26O6S/c1-15-18(11-7-12-19(15)26-3)22(29(24,25)17-9-5-4-6-10-17)21(28-16(2)23)20-13-8-14-27-20/h4-7,9-12,20-22H,8,13-14H2,1-3H3. The van der Waals surface area contributed by atoms with E-state index in [0.29, 0.717) is 29.9 Å². The molecule has 1 fully saturated rings. The lowest BCUT2D eigenvalue weighted by Gasteiger charge is -2.31. The number of carbonyl (C=O) groups is 1. The molecule has 156 valence electrons. The monoisotopic (exact) mass is 418 g/mol. The lowest BCUT2D eigenvalue weighted by atomic mass is 9.97. The number of ether oxygens (including phenoxy) is 3. The van der Waals surface area contributed by atoms with Crippen molar-refractivity contribution in [1.82, 2.24) is 0 Å². The fourth-order valence-electron chi connectivity index (χ4n) is 3.82. The van der Waals surface area contributed by atoms with Crippen molar-refractivity contribution in [3.8, 4) is 5.75 Å². The molecule has 2 aromatic rings. The average Bonchev–Trinajstić information content (AvgIpc) is 3.23. The Labute approximate surface area is 171 Å². The first-order valence-corrected chi connectivity index (χ1v) is 11.1. The largest absolute Gasteiger partial charge is 0.496 e. The van der Waals surface area contributed by atoms with Crippen LogP contribution in [0.5, 0.6) is 5.75 Å². The van der Waals surface area contributed by atoms with Crippen LogP contribution < -0.4 is 4.74 Å². The van der Waals surface area contributed by atoms with Gasteiger partial charge in [0.1, 0.15) is 17.1 Å². The Bertz CT molecular complexity index is 949. The van der Waals surface area contributed by atoms with E-state index in [2.05, 4.69) is 0 Å². The van der Waals surface area contributed by atoms with Gasteiger partial charge in [0.15, 0.2) is 9.84 Å². The zero-order valence-electron chi connectivity index (χ0n) is 16.8. The molecule has 3 atom stereocenters. The first kappa shape index (κ1) is 21.3. The predicted octanol–water partition coefficient (Wildman–Crippen LogP) is 3.63. The summed E-state index contributed by atoms with van der Waals surface area (Å²) in [5, 5.41) is -1.12. The molecule has 1 heterocycles. The third-order valence-corrected chi connectivity index (χ3v) is 7.31. The van der Waals surface area contributed by atoms with E-state index in [1.807, 2.05) is 6.92 Å². The molecule has 2 aromatic carbocycles. The van der Waals surface area contributed by atoms with Crippen LogP contribution in [0.4, 0.5) is 0 Å². The van der Waals surface area contributed by atoms with E-state index >= 15 is 0 Å². The minimum absolute atomic E-state index is 0.169. The van der Waals surface area contributed by atoms with Crippen molar-refractivity contribution >= 4 is 15.8 Å². The Balaban J connectivity index is 2.21. The molecule has 0 spiro atoms. The lowest BCUT2D eigenvalue weighted by Crippen LogP contribution is -2.40. The molecule has 1 aliphatic rings. The van der Waals surface area contributed by atoms with Crippen LogP contribution >= 0.6 is 0 Å². The minimum Gasteiger partial charge on any atom is -0.496 e. The number of rotatable bonds is 7. The summed E-state index contributed by atoms with van der Waals surface area (Å²) < 4.78 is 44.3. The SMILES string of the molecule is COc1cccc(C(C(OC(C)=O)C2CCCO2)S(=O)(=O)c2ccccc2)c1C. The summed E-state index contributed by atoms with van der Waals surface area (Å²) in [6.07, 6.45) is -0.0432. The lowest BCUT2D eigenvalue weighted by molar-refractivity contribution is -0.153. The van der Waals surface area contributed by atoms with Gasteiger partial charge in [-0.2, -0.15) is 0 Å². The van der Waals surface area contributed by atoms with Crippen molar-refractivity contribution in [1.29, 1.82) is 0 Å². The maximum atomic E-state index is 13.8. The molecule has 0 aromatic heterocycles. The molecule has 0 saturated carbocycles. The molecule has 3 unspecified atom stereocenters. The Hall–Kier alpha value is -2.38. The molecule has 3 rings (SSSR count). The molecule has 0 bridgehead atoms. The summed E-state index contributed by atoms with van der Waals surface area (Å²) in [7, 11) is -2.36. The molecule has 1 saturated heterocycles. The van der Waals surface area contributed by atoms with E-state index in [4.69, 9.17) is 14.2 Å². The van der Waals surface area contributed by atoms with Gasteiger partial charge in [-0.15, -0.1) is 0 Å². The van der Waals surface area contributed by atoms with Gasteiger partial charge in [0.25, 0.3) is 0 Å². The molecular formula is C22H26O6S. The summed E-state index contributed by atoms with van der Waals surface area (Å²) in [6.45, 7) is 3.60. The normalized spacial score (nSPS) is 18.8. The molecule has 7 heteroatoms. The van der Waals surface area contributed by atoms with Crippen LogP contribution in [0.1, 0.15) is 36.1 Å². The molecule has 0 radical (unpaired) electrons. The van der Waals surface area contributed by atoms with Crippen LogP contribution in [0.2, 0.25) is 0 Å². The summed E-state index contributed by atoms with van der Waals surface area (Å²) in [4.78, 5) is 12.1. The summed E-state index contributed by atoms with van der Waals surface area (Å²) in [5.74, 6) is 0.0315. The number of methoxy groups -OCH3 is 1. The Kier molecular flexibility index (Phi) is 6.59. The highest BCUT2D eigenvalue weighted by molar-refractivity contribution is 7.91. The van der Waals surface area contributed by atoms with E-state index in [9.17, 15) is 13.2 Å². The van der Waals surface area contributed by atoms with Crippen molar-refractivity contribution < 1.29 is 27.4 Å². The van der Waals surface area contributed by atoms with Crippen molar-refractivity contribution in [2.45, 2.75) is 49.0 Å². The fraction of sp³-hybridized carbons (Fsp3) is 0.409. The van der Waals surface area contributed by atoms with Crippen LogP contribution in [0.3, 0.4) is 0 Å². The van der Waals surface area contributed by atoms with E-state index in [1.54, 1.807) is 48.5 Å². The van der Waals surface area contributed by atoms with Crippen molar-refractivity contribution in [2.75, 3.05) is 13.7 Å². The summed E-state index contributed by atoms with van der Waals surface area (Å²) in [5.41, 5.74) is 1.23. The predicted molar refractivity (Wildman–Crippen MR) is 109 cm³/mol. The van der Waals surface area contributed by atoms with Gasteiger partial charge < -0.3 is 14.2 Å². The topological polar surface area (TPSA) is 78.9 Å². The smallest absolute Gasteiger partial charge is 0.303 e. The van der Waals surface area contributed by atoms with E-state index in [0.717, 1.165) is 6.42 Å². The first-order valence-electron chi connectivity index (χ1n) is 9.57. The van der Waals surface area contributed by atoms with Crippen molar-refractivity contribution in [2.24, 2.45) is 0 Å². The van der Waals surface area contributed by atoms with Crippen LogP contribution in [0.25, 0.3) is 0 Å². The first-order chi connectivity index (χ1) is 13.9. The number of hydrogen-bond donors (Lipinski definition) is 0. The molecular weight excluding hydrogens is 392 g/mol. The second-order valence-electron chi connectivity index (χ2n) is 7.08. The zero-order chi connectivity index (χ0) is 21.0. The summed E-state index contributed by atoms with van der Waals surface area (Å²) in [6, 6.07) is 13.5. The Morgan fingerprint density at radius 3 is 2.45 bits per heavy atom. The number of benzene rings is 2. The minimum atomic E-state index is -3.90. The van der Waals surface area contributed by atoms with Gasteiger partial charge in [-0.25, -0.2) is 8.42 Å². The van der Waals surface area contributed by atoms with Crippen LogP contribution in [-0.4, -0.2) is 40.3 Å². The maximum Gasteiger partial charge on any atom is 0.303 e. The van der Waals surface area contributed by atoms with Crippen LogP contribution in [0.15, 0.2) is 53.4 Å². The molecule has 0 aliphatic carbocycles. The van der Waals surface area contributed by atoms with Gasteiger partial charge in [-0.3, -0.25) is 4.79 Å². The molecule has 0 amide bonds. The Morgan fingerprint density at radius 1 is 1.14 bits per heavy atom. The second-order valence-corrected chi connectivity index (χ2v) is 9.15. The Morgan fingerprint density at radius 2 is 1.86 bits per heavy atom. The quantitative estimate of drug-likeness (QED) is 0.639. The van der Waals surface area contributed by atoms with Crippen LogP contribution in [0, 0.1) is 6.92 Å².